The number of piperidine rings is 1. The highest BCUT2D eigenvalue weighted by Crippen LogP contribution is 2.38. The average Bonchev–Trinajstić information content (AvgIpc) is 3.30. The van der Waals surface area contributed by atoms with Crippen molar-refractivity contribution in [2.24, 2.45) is 0 Å². The van der Waals surface area contributed by atoms with Crippen molar-refractivity contribution in [2.75, 3.05) is 27.3 Å². The monoisotopic (exact) mass is 442 g/mol. The van der Waals surface area contributed by atoms with Crippen LogP contribution in [0.2, 0.25) is 0 Å². The predicted octanol–water partition coefficient (Wildman–Crippen LogP) is 4.65. The molecule has 0 unspecified atom stereocenters. The van der Waals surface area contributed by atoms with Crippen molar-refractivity contribution in [2.45, 2.75) is 18.9 Å². The Morgan fingerprint density at radius 2 is 1.71 bits per heavy atom. The first kappa shape index (κ1) is 21.1. The lowest BCUT2D eigenvalue weighted by atomic mass is 10.1. The minimum Gasteiger partial charge on any atom is -0.493 e. The molecule has 0 N–H and O–H groups in total. The van der Waals surface area contributed by atoms with Crippen LogP contribution in [0.5, 0.6) is 17.2 Å². The van der Waals surface area contributed by atoms with Crippen LogP contribution in [0.4, 0.5) is 4.39 Å². The van der Waals surface area contributed by atoms with Gasteiger partial charge in [-0.3, -0.25) is 4.79 Å². The summed E-state index contributed by atoms with van der Waals surface area (Å²) in [6.07, 6.45) is 1.35. The van der Waals surface area contributed by atoms with E-state index in [0.717, 1.165) is 5.56 Å². The van der Waals surface area contributed by atoms with Crippen molar-refractivity contribution in [1.29, 1.82) is 0 Å². The number of halogens is 1. The van der Waals surface area contributed by atoms with Crippen LogP contribution in [0.25, 0.3) is 10.6 Å². The Hall–Kier alpha value is -3.13. The van der Waals surface area contributed by atoms with Gasteiger partial charge in [0.2, 0.25) is 5.75 Å². The maximum absolute atomic E-state index is 13.1. The number of thiazole rings is 1. The second-order valence-corrected chi connectivity index (χ2v) is 8.00. The fourth-order valence-corrected chi connectivity index (χ4v) is 4.34. The number of likely N-dealkylation sites (tertiary alicyclic amines) is 1. The maximum atomic E-state index is 13.1. The Bertz CT molecular complexity index is 1020. The Morgan fingerprint density at radius 1 is 1.06 bits per heavy atom. The van der Waals surface area contributed by atoms with Gasteiger partial charge in [0.05, 0.1) is 14.2 Å². The molecule has 1 aliphatic heterocycles. The van der Waals surface area contributed by atoms with E-state index in [2.05, 4.69) is 4.98 Å². The van der Waals surface area contributed by atoms with Gasteiger partial charge in [0.25, 0.3) is 5.91 Å². The third kappa shape index (κ3) is 4.64. The topological polar surface area (TPSA) is 60.9 Å². The third-order valence-corrected chi connectivity index (χ3v) is 6.10. The largest absolute Gasteiger partial charge is 0.493 e. The van der Waals surface area contributed by atoms with Gasteiger partial charge in [0.15, 0.2) is 11.5 Å². The molecule has 0 radical (unpaired) electrons. The molecule has 1 aromatic heterocycles. The van der Waals surface area contributed by atoms with Gasteiger partial charge in [-0.05, 0) is 36.4 Å². The van der Waals surface area contributed by atoms with Crippen molar-refractivity contribution in [3.8, 4) is 27.8 Å². The summed E-state index contributed by atoms with van der Waals surface area (Å²) in [4.78, 5) is 19.1. The summed E-state index contributed by atoms with van der Waals surface area (Å²) in [5.41, 5.74) is 1.21. The molecule has 31 heavy (non-hydrogen) atoms. The molecule has 4 rings (SSSR count). The van der Waals surface area contributed by atoms with Crippen LogP contribution >= 0.6 is 11.3 Å². The van der Waals surface area contributed by atoms with Crippen LogP contribution in [0.15, 0.2) is 47.8 Å². The molecular formula is C23H23FN2O4S. The Labute approximate surface area is 184 Å². The van der Waals surface area contributed by atoms with Crippen LogP contribution in [-0.4, -0.2) is 49.2 Å². The summed E-state index contributed by atoms with van der Waals surface area (Å²) in [5.74, 6) is 1.42. The first-order chi connectivity index (χ1) is 15.1. The number of para-hydroxylation sites is 1. The van der Waals surface area contributed by atoms with Gasteiger partial charge in [-0.2, -0.15) is 0 Å². The van der Waals surface area contributed by atoms with Gasteiger partial charge in [-0.1, -0.05) is 6.07 Å². The number of carbonyl (C=O) groups is 1. The van der Waals surface area contributed by atoms with E-state index in [4.69, 9.17) is 14.2 Å². The minimum absolute atomic E-state index is 0.0422. The van der Waals surface area contributed by atoms with Gasteiger partial charge in [0, 0.05) is 36.9 Å². The second kappa shape index (κ2) is 9.34. The fourth-order valence-electron chi connectivity index (χ4n) is 3.54. The quantitative estimate of drug-likeness (QED) is 0.556. The Morgan fingerprint density at radius 3 is 2.32 bits per heavy atom. The van der Waals surface area contributed by atoms with E-state index in [1.54, 1.807) is 36.6 Å². The molecule has 3 aromatic rings. The number of rotatable bonds is 6. The van der Waals surface area contributed by atoms with Gasteiger partial charge in [0.1, 0.15) is 22.6 Å². The number of methoxy groups -OCH3 is 2. The molecule has 2 aromatic carbocycles. The van der Waals surface area contributed by atoms with Crippen LogP contribution < -0.4 is 14.2 Å². The molecule has 6 nitrogen and oxygen atoms in total. The lowest BCUT2D eigenvalue weighted by molar-refractivity contribution is 0.0580. The number of ether oxygens (including phenoxy) is 3. The summed E-state index contributed by atoms with van der Waals surface area (Å²) in [5, 5.41) is 2.45. The number of aromatic nitrogens is 1. The molecule has 0 aliphatic carbocycles. The van der Waals surface area contributed by atoms with E-state index in [9.17, 15) is 9.18 Å². The highest BCUT2D eigenvalue weighted by molar-refractivity contribution is 7.13. The minimum atomic E-state index is -0.299. The van der Waals surface area contributed by atoms with Crippen LogP contribution in [0.1, 0.15) is 23.3 Å². The number of benzene rings is 2. The molecular weight excluding hydrogens is 419 g/mol. The summed E-state index contributed by atoms with van der Waals surface area (Å²) >= 11 is 1.38. The second-order valence-electron chi connectivity index (χ2n) is 7.15. The van der Waals surface area contributed by atoms with Crippen LogP contribution in [0.3, 0.4) is 0 Å². The molecule has 0 spiro atoms. The first-order valence-corrected chi connectivity index (χ1v) is 10.9. The third-order valence-electron chi connectivity index (χ3n) is 5.21. The summed E-state index contributed by atoms with van der Waals surface area (Å²) in [6.45, 7) is 1.15. The zero-order valence-electron chi connectivity index (χ0n) is 17.3. The van der Waals surface area contributed by atoms with E-state index in [-0.39, 0.29) is 17.8 Å². The number of nitrogens with zero attached hydrogens (tertiary/aromatic N) is 2. The summed E-state index contributed by atoms with van der Waals surface area (Å²) in [7, 11) is 3.19. The predicted molar refractivity (Wildman–Crippen MR) is 117 cm³/mol. The Kier molecular flexibility index (Phi) is 6.36. The summed E-state index contributed by atoms with van der Waals surface area (Å²) in [6, 6.07) is 11.6. The van der Waals surface area contributed by atoms with Crippen molar-refractivity contribution in [3.63, 3.8) is 0 Å². The highest BCUT2D eigenvalue weighted by atomic mass is 32.1. The first-order valence-electron chi connectivity index (χ1n) is 9.97. The molecule has 0 bridgehead atoms. The Balaban J connectivity index is 1.38. The van der Waals surface area contributed by atoms with E-state index in [0.29, 0.717) is 53.9 Å². The molecule has 1 fully saturated rings. The number of hydrogen-bond donors (Lipinski definition) is 0. The molecule has 0 atom stereocenters. The van der Waals surface area contributed by atoms with Gasteiger partial charge in [-0.15, -0.1) is 11.3 Å². The van der Waals surface area contributed by atoms with Crippen molar-refractivity contribution >= 4 is 17.2 Å². The normalized spacial score (nSPS) is 14.4. The molecule has 8 heteroatoms. The lowest BCUT2D eigenvalue weighted by Gasteiger charge is -2.32. The fraction of sp³-hybridized carbons (Fsp3) is 0.304. The molecule has 1 amide bonds. The van der Waals surface area contributed by atoms with Gasteiger partial charge >= 0.3 is 0 Å². The lowest BCUT2D eigenvalue weighted by Crippen LogP contribution is -2.42. The van der Waals surface area contributed by atoms with Crippen molar-refractivity contribution in [3.05, 3.63) is 59.4 Å². The zero-order chi connectivity index (χ0) is 21.8. The molecule has 1 aliphatic rings. The number of carbonyl (C=O) groups excluding carboxylic acids is 1. The van der Waals surface area contributed by atoms with Crippen LogP contribution in [0, 0.1) is 5.82 Å². The SMILES string of the molecule is COc1cccc(OC)c1OC1CCN(C(=O)c2csc(-c3ccc(F)cc3)n2)CC1. The number of hydrogen-bond acceptors (Lipinski definition) is 6. The molecule has 162 valence electrons. The van der Waals surface area contributed by atoms with Gasteiger partial charge in [-0.25, -0.2) is 9.37 Å². The standard InChI is InChI=1S/C23H23FN2O4S/c1-28-19-4-3-5-20(29-2)21(19)30-17-10-12-26(13-11-17)23(27)18-14-31-22(25-18)15-6-8-16(24)9-7-15/h3-9,14,17H,10-13H2,1-2H3. The summed E-state index contributed by atoms with van der Waals surface area (Å²) < 4.78 is 30.1. The molecule has 2 heterocycles. The number of amides is 1. The van der Waals surface area contributed by atoms with Gasteiger partial charge < -0.3 is 19.1 Å². The molecule has 0 saturated carbocycles. The van der Waals surface area contributed by atoms with E-state index in [1.807, 2.05) is 18.2 Å². The highest BCUT2D eigenvalue weighted by Gasteiger charge is 2.27. The average molecular weight is 443 g/mol. The van der Waals surface area contributed by atoms with E-state index >= 15 is 0 Å². The zero-order valence-corrected chi connectivity index (χ0v) is 18.2. The maximum Gasteiger partial charge on any atom is 0.273 e. The van der Waals surface area contributed by atoms with Crippen molar-refractivity contribution < 1.29 is 23.4 Å². The molecule has 1 saturated heterocycles. The smallest absolute Gasteiger partial charge is 0.273 e. The van der Waals surface area contributed by atoms with Crippen molar-refractivity contribution in [1.82, 2.24) is 9.88 Å². The van der Waals surface area contributed by atoms with Crippen LogP contribution in [-0.2, 0) is 0 Å². The van der Waals surface area contributed by atoms with E-state index in [1.165, 1.54) is 23.5 Å². The van der Waals surface area contributed by atoms with E-state index < -0.39 is 0 Å².